The normalized spacial score (nSPS) is 11.5. The SMILES string of the molecule is CC(Oc1ccc(C#N)cc1)C(=O)NN=Cc1cccc([N+](=O)[O-])c1. The van der Waals surface area contributed by atoms with Crippen LogP contribution >= 0.6 is 0 Å². The molecule has 25 heavy (non-hydrogen) atoms. The largest absolute Gasteiger partial charge is 0.481 e. The minimum atomic E-state index is -0.810. The van der Waals surface area contributed by atoms with Crippen LogP contribution in [0, 0.1) is 21.4 Å². The zero-order chi connectivity index (χ0) is 18.2. The molecule has 0 spiro atoms. The molecule has 0 aliphatic rings. The fourth-order valence-corrected chi connectivity index (χ4v) is 1.85. The predicted octanol–water partition coefficient (Wildman–Crippen LogP) is 2.38. The standard InChI is InChI=1S/C17H14N4O4/c1-12(25-16-7-5-13(10-18)6-8-16)17(22)20-19-11-14-3-2-4-15(9-14)21(23)24/h2-9,11-12H,1H3,(H,20,22). The van der Waals surface area contributed by atoms with Gasteiger partial charge in [0.15, 0.2) is 6.10 Å². The van der Waals surface area contributed by atoms with Crippen LogP contribution in [0.1, 0.15) is 18.1 Å². The van der Waals surface area contributed by atoms with Crippen LogP contribution in [-0.4, -0.2) is 23.1 Å². The Balaban J connectivity index is 1.91. The molecule has 1 amide bonds. The first-order valence-electron chi connectivity index (χ1n) is 7.24. The fraction of sp³-hybridized carbons (Fsp3) is 0.118. The third-order valence-corrected chi connectivity index (χ3v) is 3.13. The molecule has 0 fully saturated rings. The second kappa shape index (κ2) is 8.21. The van der Waals surface area contributed by atoms with Crippen molar-refractivity contribution in [2.24, 2.45) is 5.10 Å². The van der Waals surface area contributed by atoms with E-state index in [1.165, 1.54) is 24.4 Å². The van der Waals surface area contributed by atoms with E-state index in [0.29, 0.717) is 16.9 Å². The van der Waals surface area contributed by atoms with Crippen molar-refractivity contribution in [2.45, 2.75) is 13.0 Å². The molecule has 0 saturated carbocycles. The van der Waals surface area contributed by atoms with Crippen LogP contribution in [0.5, 0.6) is 5.75 Å². The molecular formula is C17H14N4O4. The topological polar surface area (TPSA) is 118 Å². The van der Waals surface area contributed by atoms with Gasteiger partial charge in [-0.15, -0.1) is 0 Å². The van der Waals surface area contributed by atoms with Gasteiger partial charge in [-0.25, -0.2) is 5.43 Å². The zero-order valence-corrected chi connectivity index (χ0v) is 13.2. The number of rotatable bonds is 6. The van der Waals surface area contributed by atoms with Crippen molar-refractivity contribution in [1.82, 2.24) is 5.43 Å². The number of nitrogens with one attached hydrogen (secondary N) is 1. The molecule has 0 aliphatic heterocycles. The molecule has 0 saturated heterocycles. The van der Waals surface area contributed by atoms with Gasteiger partial charge < -0.3 is 4.74 Å². The van der Waals surface area contributed by atoms with Gasteiger partial charge in [0, 0.05) is 17.7 Å². The molecule has 1 N–H and O–H groups in total. The summed E-state index contributed by atoms with van der Waals surface area (Å²) in [7, 11) is 0. The lowest BCUT2D eigenvalue weighted by atomic mass is 10.2. The van der Waals surface area contributed by atoms with E-state index < -0.39 is 16.9 Å². The maximum Gasteiger partial charge on any atom is 0.280 e. The molecule has 8 heteroatoms. The Morgan fingerprint density at radius 2 is 2.08 bits per heavy atom. The van der Waals surface area contributed by atoms with Crippen LogP contribution in [-0.2, 0) is 4.79 Å². The van der Waals surface area contributed by atoms with E-state index in [9.17, 15) is 14.9 Å². The van der Waals surface area contributed by atoms with Gasteiger partial charge in [-0.1, -0.05) is 12.1 Å². The van der Waals surface area contributed by atoms with Gasteiger partial charge in [0.25, 0.3) is 11.6 Å². The van der Waals surface area contributed by atoms with E-state index in [4.69, 9.17) is 10.00 Å². The monoisotopic (exact) mass is 338 g/mol. The Kier molecular flexibility index (Phi) is 5.79. The van der Waals surface area contributed by atoms with Crippen LogP contribution in [0.3, 0.4) is 0 Å². The Hall–Kier alpha value is -3.73. The highest BCUT2D eigenvalue weighted by Crippen LogP contribution is 2.13. The van der Waals surface area contributed by atoms with Crippen LogP contribution < -0.4 is 10.2 Å². The predicted molar refractivity (Wildman–Crippen MR) is 90.1 cm³/mol. The lowest BCUT2D eigenvalue weighted by Gasteiger charge is -2.12. The summed E-state index contributed by atoms with van der Waals surface area (Å²) in [5.74, 6) is -0.0321. The van der Waals surface area contributed by atoms with E-state index >= 15 is 0 Å². The molecule has 1 unspecified atom stereocenters. The van der Waals surface area contributed by atoms with Crippen LogP contribution in [0.2, 0.25) is 0 Å². The van der Waals surface area contributed by atoms with Crippen molar-refractivity contribution >= 4 is 17.8 Å². The maximum atomic E-state index is 11.9. The first-order valence-corrected chi connectivity index (χ1v) is 7.24. The third kappa shape index (κ3) is 5.14. The molecule has 0 heterocycles. The van der Waals surface area contributed by atoms with Crippen LogP contribution in [0.25, 0.3) is 0 Å². The number of carbonyl (C=O) groups excluding carboxylic acids is 1. The first-order chi connectivity index (χ1) is 12.0. The zero-order valence-electron chi connectivity index (χ0n) is 13.2. The Morgan fingerprint density at radius 1 is 1.36 bits per heavy atom. The van der Waals surface area contributed by atoms with Crippen LogP contribution in [0.4, 0.5) is 5.69 Å². The van der Waals surface area contributed by atoms with Crippen molar-refractivity contribution in [3.05, 3.63) is 69.8 Å². The van der Waals surface area contributed by atoms with Crippen molar-refractivity contribution in [2.75, 3.05) is 0 Å². The molecule has 126 valence electrons. The number of non-ortho nitro benzene ring substituents is 1. The molecule has 0 aromatic heterocycles. The van der Waals surface area contributed by atoms with Gasteiger partial charge in [0.05, 0.1) is 22.8 Å². The summed E-state index contributed by atoms with van der Waals surface area (Å²) in [5.41, 5.74) is 3.22. The molecule has 2 rings (SSSR count). The number of benzene rings is 2. The van der Waals surface area contributed by atoms with Gasteiger partial charge in [-0.05, 0) is 31.2 Å². The van der Waals surface area contributed by atoms with E-state index in [2.05, 4.69) is 10.5 Å². The summed E-state index contributed by atoms with van der Waals surface area (Å²) >= 11 is 0. The molecule has 1 atom stereocenters. The first kappa shape index (κ1) is 17.6. The van der Waals surface area contributed by atoms with Gasteiger partial charge in [-0.2, -0.15) is 10.4 Å². The second-order valence-electron chi connectivity index (χ2n) is 4.98. The average Bonchev–Trinajstić information content (AvgIpc) is 2.62. The molecular weight excluding hydrogens is 324 g/mol. The summed E-state index contributed by atoms with van der Waals surface area (Å²) in [6.07, 6.45) is 0.495. The summed E-state index contributed by atoms with van der Waals surface area (Å²) < 4.78 is 5.44. The van der Waals surface area contributed by atoms with Gasteiger partial charge >= 0.3 is 0 Å². The van der Waals surface area contributed by atoms with Crippen molar-refractivity contribution in [3.63, 3.8) is 0 Å². The Labute approximate surface area is 143 Å². The molecule has 2 aromatic carbocycles. The fourth-order valence-electron chi connectivity index (χ4n) is 1.85. The summed E-state index contributed by atoms with van der Waals surface area (Å²) in [4.78, 5) is 22.1. The van der Waals surface area contributed by atoms with Crippen molar-refractivity contribution < 1.29 is 14.5 Å². The molecule has 2 aromatic rings. The van der Waals surface area contributed by atoms with Gasteiger partial charge in [0.2, 0.25) is 0 Å². The lowest BCUT2D eigenvalue weighted by molar-refractivity contribution is -0.384. The van der Waals surface area contributed by atoms with E-state index in [-0.39, 0.29) is 5.69 Å². The van der Waals surface area contributed by atoms with E-state index in [1.54, 1.807) is 37.3 Å². The summed E-state index contributed by atoms with van der Waals surface area (Å²) in [5, 5.41) is 23.2. The maximum absolute atomic E-state index is 11.9. The number of nitro benzene ring substituents is 1. The number of nitro groups is 1. The molecule has 0 aliphatic carbocycles. The number of hydrogen-bond donors (Lipinski definition) is 1. The number of nitriles is 1. The number of hydrazone groups is 1. The number of nitrogens with zero attached hydrogens (tertiary/aromatic N) is 3. The second-order valence-corrected chi connectivity index (χ2v) is 4.98. The Bertz CT molecular complexity index is 840. The third-order valence-electron chi connectivity index (χ3n) is 3.13. The molecule has 0 bridgehead atoms. The summed E-state index contributed by atoms with van der Waals surface area (Å²) in [6.45, 7) is 1.55. The highest BCUT2D eigenvalue weighted by molar-refractivity contribution is 5.84. The number of ether oxygens (including phenoxy) is 1. The summed E-state index contributed by atoms with van der Waals surface area (Å²) in [6, 6.07) is 14.2. The number of carbonyl (C=O) groups is 1. The molecule has 0 radical (unpaired) electrons. The minimum Gasteiger partial charge on any atom is -0.481 e. The highest BCUT2D eigenvalue weighted by Gasteiger charge is 2.13. The van der Waals surface area contributed by atoms with Gasteiger partial charge in [0.1, 0.15) is 5.75 Å². The number of amides is 1. The quantitative estimate of drug-likeness (QED) is 0.493. The lowest BCUT2D eigenvalue weighted by Crippen LogP contribution is -2.33. The van der Waals surface area contributed by atoms with Crippen molar-refractivity contribution in [1.29, 1.82) is 5.26 Å². The van der Waals surface area contributed by atoms with Crippen molar-refractivity contribution in [3.8, 4) is 11.8 Å². The average molecular weight is 338 g/mol. The van der Waals surface area contributed by atoms with Crippen LogP contribution in [0.15, 0.2) is 53.6 Å². The Morgan fingerprint density at radius 3 is 2.72 bits per heavy atom. The number of hydrogen-bond acceptors (Lipinski definition) is 6. The minimum absolute atomic E-state index is 0.0622. The smallest absolute Gasteiger partial charge is 0.280 e. The van der Waals surface area contributed by atoms with E-state index in [1.807, 2.05) is 6.07 Å². The highest BCUT2D eigenvalue weighted by atomic mass is 16.6. The molecule has 8 nitrogen and oxygen atoms in total. The van der Waals surface area contributed by atoms with Gasteiger partial charge in [-0.3, -0.25) is 14.9 Å². The van der Waals surface area contributed by atoms with E-state index in [0.717, 1.165) is 0 Å².